The summed E-state index contributed by atoms with van der Waals surface area (Å²) in [5, 5.41) is 12.7. The highest BCUT2D eigenvalue weighted by molar-refractivity contribution is 6.22. The van der Waals surface area contributed by atoms with Gasteiger partial charge in [-0.3, -0.25) is 0 Å². The van der Waals surface area contributed by atoms with Crippen LogP contribution in [0.4, 0.5) is 0 Å². The van der Waals surface area contributed by atoms with Crippen molar-refractivity contribution in [3.8, 4) is 66.8 Å². The molecule has 0 aliphatic heterocycles. The largest absolute Gasteiger partial charge is 0.0622 e. The highest BCUT2D eigenvalue weighted by Crippen LogP contribution is 2.46. The predicted octanol–water partition coefficient (Wildman–Crippen LogP) is 17.5. The molecule has 0 heterocycles. The Labute approximate surface area is 361 Å². The summed E-state index contributed by atoms with van der Waals surface area (Å²) in [6.07, 6.45) is 0. The van der Waals surface area contributed by atoms with Gasteiger partial charge in [0.15, 0.2) is 0 Å². The highest BCUT2D eigenvalue weighted by atomic mass is 14.2. The standard InChI is InChI=1S/C62H40/c1-3-16-43(17-4-1)59-51-21-7-11-25-55(51)61(56-26-12-8-22-52(56)59)45-34-30-41(31-35-45)47-38-39-50-48(40-47)20-15-29-49(50)42-32-36-46(37-33-42)62-57-27-13-9-23-53(57)60(44-18-5-2-6-19-44)54-24-10-14-28-58(54)62/h1-40H. The molecule has 0 bridgehead atoms. The Bertz CT molecular complexity index is 3520. The monoisotopic (exact) mass is 784 g/mol. The van der Waals surface area contributed by atoms with E-state index in [-0.39, 0.29) is 0 Å². The lowest BCUT2D eigenvalue weighted by Gasteiger charge is -2.18. The van der Waals surface area contributed by atoms with Gasteiger partial charge in [-0.2, -0.15) is 0 Å². The van der Waals surface area contributed by atoms with Crippen LogP contribution in [0.25, 0.3) is 121 Å². The molecule has 62 heavy (non-hydrogen) atoms. The minimum absolute atomic E-state index is 1.21. The number of rotatable bonds is 6. The van der Waals surface area contributed by atoms with Crippen LogP contribution in [0.3, 0.4) is 0 Å². The minimum Gasteiger partial charge on any atom is -0.0622 e. The Balaban J connectivity index is 0.903. The summed E-state index contributed by atoms with van der Waals surface area (Å²) in [5.74, 6) is 0. The van der Waals surface area contributed by atoms with Crippen LogP contribution < -0.4 is 0 Å². The molecule has 0 nitrogen and oxygen atoms in total. The van der Waals surface area contributed by atoms with Crippen molar-refractivity contribution in [1.29, 1.82) is 0 Å². The first kappa shape index (κ1) is 35.8. The maximum absolute atomic E-state index is 2.34. The van der Waals surface area contributed by atoms with E-state index in [0.717, 1.165) is 0 Å². The van der Waals surface area contributed by atoms with Gasteiger partial charge in [0.05, 0.1) is 0 Å². The average Bonchev–Trinajstić information content (AvgIpc) is 3.35. The van der Waals surface area contributed by atoms with Crippen LogP contribution in [-0.4, -0.2) is 0 Å². The number of fused-ring (bicyclic) bond motifs is 5. The molecule has 0 fully saturated rings. The molecular weight excluding hydrogens is 745 g/mol. The van der Waals surface area contributed by atoms with Crippen LogP contribution in [0.2, 0.25) is 0 Å². The quantitative estimate of drug-likeness (QED) is 0.147. The van der Waals surface area contributed by atoms with Gasteiger partial charge in [-0.15, -0.1) is 0 Å². The topological polar surface area (TPSA) is 0 Å². The van der Waals surface area contributed by atoms with Gasteiger partial charge in [0.1, 0.15) is 0 Å². The first-order chi connectivity index (χ1) is 30.8. The van der Waals surface area contributed by atoms with Gasteiger partial charge >= 0.3 is 0 Å². The predicted molar refractivity (Wildman–Crippen MR) is 267 cm³/mol. The smallest absolute Gasteiger partial charge is 0.00264 e. The lowest BCUT2D eigenvalue weighted by atomic mass is 9.85. The summed E-state index contributed by atoms with van der Waals surface area (Å²) in [6.45, 7) is 0. The molecule has 0 amide bonds. The summed E-state index contributed by atoms with van der Waals surface area (Å²) in [6, 6.07) is 89.1. The molecule has 288 valence electrons. The highest BCUT2D eigenvalue weighted by Gasteiger charge is 2.18. The zero-order valence-electron chi connectivity index (χ0n) is 34.1. The molecule has 0 saturated carbocycles. The Kier molecular flexibility index (Phi) is 8.61. The molecule has 0 aliphatic carbocycles. The molecule has 0 unspecified atom stereocenters. The van der Waals surface area contributed by atoms with Gasteiger partial charge in [0.25, 0.3) is 0 Å². The fourth-order valence-corrected chi connectivity index (χ4v) is 10.1. The zero-order valence-corrected chi connectivity index (χ0v) is 34.1. The third-order valence-electron chi connectivity index (χ3n) is 12.9. The van der Waals surface area contributed by atoms with E-state index in [4.69, 9.17) is 0 Å². The Morgan fingerprint density at radius 3 is 0.855 bits per heavy atom. The zero-order chi connectivity index (χ0) is 41.0. The SMILES string of the molecule is c1ccc(-c2c3ccccc3c(-c3ccc(-c4ccc5c(-c6ccc(-c7c8ccccc8c(-c8ccccc8)c8ccccc78)cc6)cccc5c4)cc3)c3ccccc23)cc1. The van der Waals surface area contributed by atoms with Crippen molar-refractivity contribution in [2.45, 2.75) is 0 Å². The van der Waals surface area contributed by atoms with E-state index in [0.29, 0.717) is 0 Å². The number of hydrogen-bond acceptors (Lipinski definition) is 0. The van der Waals surface area contributed by atoms with E-state index in [2.05, 4.69) is 243 Å². The Morgan fingerprint density at radius 2 is 0.468 bits per heavy atom. The second-order valence-corrected chi connectivity index (χ2v) is 16.3. The molecule has 0 saturated heterocycles. The molecule has 0 heteroatoms. The molecule has 0 spiro atoms. The van der Waals surface area contributed by atoms with Gasteiger partial charge in [0, 0.05) is 0 Å². The van der Waals surface area contributed by atoms with Crippen molar-refractivity contribution < 1.29 is 0 Å². The second-order valence-electron chi connectivity index (χ2n) is 16.3. The Morgan fingerprint density at radius 1 is 0.161 bits per heavy atom. The van der Waals surface area contributed by atoms with E-state index in [1.807, 2.05) is 0 Å². The number of benzene rings is 12. The van der Waals surface area contributed by atoms with E-state index < -0.39 is 0 Å². The Hall–Kier alpha value is -8.06. The molecule has 0 aliphatic rings. The maximum atomic E-state index is 2.34. The molecule has 12 aromatic rings. The van der Waals surface area contributed by atoms with Gasteiger partial charge in [-0.1, -0.05) is 237 Å². The first-order valence-electron chi connectivity index (χ1n) is 21.5. The van der Waals surface area contributed by atoms with Crippen LogP contribution in [0.15, 0.2) is 243 Å². The van der Waals surface area contributed by atoms with E-state index in [1.54, 1.807) is 0 Å². The van der Waals surface area contributed by atoms with Crippen molar-refractivity contribution in [3.05, 3.63) is 243 Å². The summed E-state index contributed by atoms with van der Waals surface area (Å²) in [7, 11) is 0. The van der Waals surface area contributed by atoms with E-state index in [9.17, 15) is 0 Å². The van der Waals surface area contributed by atoms with Gasteiger partial charge in [-0.25, -0.2) is 0 Å². The third-order valence-corrected chi connectivity index (χ3v) is 12.9. The molecule has 0 atom stereocenters. The van der Waals surface area contributed by atoms with Gasteiger partial charge in [0.2, 0.25) is 0 Å². The maximum Gasteiger partial charge on any atom is -0.00264 e. The molecule has 0 aromatic heterocycles. The fraction of sp³-hybridized carbons (Fsp3) is 0. The van der Waals surface area contributed by atoms with Crippen LogP contribution in [0.1, 0.15) is 0 Å². The van der Waals surface area contributed by atoms with Crippen molar-refractivity contribution in [3.63, 3.8) is 0 Å². The van der Waals surface area contributed by atoms with Crippen LogP contribution in [-0.2, 0) is 0 Å². The minimum atomic E-state index is 1.21. The number of hydrogen-bond donors (Lipinski definition) is 0. The van der Waals surface area contributed by atoms with E-state index >= 15 is 0 Å². The fourth-order valence-electron chi connectivity index (χ4n) is 10.1. The molecule has 0 N–H and O–H groups in total. The molecule has 12 rings (SSSR count). The van der Waals surface area contributed by atoms with Crippen molar-refractivity contribution in [1.82, 2.24) is 0 Å². The van der Waals surface area contributed by atoms with Gasteiger partial charge < -0.3 is 0 Å². The van der Waals surface area contributed by atoms with Crippen molar-refractivity contribution >= 4 is 53.9 Å². The van der Waals surface area contributed by atoms with Crippen molar-refractivity contribution in [2.24, 2.45) is 0 Å². The molecule has 12 aromatic carbocycles. The van der Waals surface area contributed by atoms with Crippen LogP contribution >= 0.6 is 0 Å². The van der Waals surface area contributed by atoms with E-state index in [1.165, 1.54) is 121 Å². The third kappa shape index (κ3) is 5.92. The average molecular weight is 785 g/mol. The second kappa shape index (κ2) is 14.9. The lowest BCUT2D eigenvalue weighted by molar-refractivity contribution is 1.61. The first-order valence-corrected chi connectivity index (χ1v) is 21.5. The summed E-state index contributed by atoms with van der Waals surface area (Å²) in [4.78, 5) is 0. The summed E-state index contributed by atoms with van der Waals surface area (Å²) < 4.78 is 0. The van der Waals surface area contributed by atoms with Crippen molar-refractivity contribution in [2.75, 3.05) is 0 Å². The normalized spacial score (nSPS) is 11.5. The molecular formula is C62H40. The summed E-state index contributed by atoms with van der Waals surface area (Å²) in [5.41, 5.74) is 14.9. The van der Waals surface area contributed by atoms with Gasteiger partial charge in [-0.05, 0) is 127 Å². The van der Waals surface area contributed by atoms with Crippen LogP contribution in [0, 0.1) is 0 Å². The molecule has 0 radical (unpaired) electrons. The van der Waals surface area contributed by atoms with Crippen LogP contribution in [0.5, 0.6) is 0 Å². The summed E-state index contributed by atoms with van der Waals surface area (Å²) >= 11 is 0. The lowest BCUT2D eigenvalue weighted by Crippen LogP contribution is -1.91.